The fourth-order valence-corrected chi connectivity index (χ4v) is 2.45. The molecule has 1 saturated heterocycles. The van der Waals surface area contributed by atoms with E-state index in [-0.39, 0.29) is 25.0 Å². The van der Waals surface area contributed by atoms with Gasteiger partial charge < -0.3 is 19.7 Å². The third-order valence-corrected chi connectivity index (χ3v) is 3.61. The predicted molar refractivity (Wildman–Crippen MR) is 70.5 cm³/mol. The maximum Gasteiger partial charge on any atom is 0.242 e. The van der Waals surface area contributed by atoms with Gasteiger partial charge >= 0.3 is 0 Å². The molecule has 1 unspecified atom stereocenters. The minimum atomic E-state index is -0.412. The van der Waals surface area contributed by atoms with E-state index in [1.54, 1.807) is 17.9 Å². The topological polar surface area (TPSA) is 67.9 Å². The molecule has 2 aliphatic rings. The van der Waals surface area contributed by atoms with Gasteiger partial charge in [0.15, 0.2) is 11.5 Å². The lowest BCUT2D eigenvalue weighted by molar-refractivity contribution is -0.142. The maximum absolute atomic E-state index is 12.3. The molecule has 20 heavy (non-hydrogen) atoms. The predicted octanol–water partition coefficient (Wildman–Crippen LogP) is 0.305. The van der Waals surface area contributed by atoms with E-state index in [0.717, 1.165) is 5.56 Å². The SMILES string of the molecule is CC1C(=O)NCCN1C(=O)Cc1ccc2c(c1)OCO2. The van der Waals surface area contributed by atoms with Crippen LogP contribution in [0.4, 0.5) is 0 Å². The van der Waals surface area contributed by atoms with Gasteiger partial charge in [-0.05, 0) is 24.6 Å². The van der Waals surface area contributed by atoms with E-state index in [4.69, 9.17) is 9.47 Å². The van der Waals surface area contributed by atoms with Crippen molar-refractivity contribution in [3.63, 3.8) is 0 Å². The van der Waals surface area contributed by atoms with E-state index in [1.807, 2.05) is 12.1 Å². The van der Waals surface area contributed by atoms with E-state index >= 15 is 0 Å². The normalized spacial score (nSPS) is 20.8. The second-order valence-electron chi connectivity index (χ2n) is 4.92. The summed E-state index contributed by atoms with van der Waals surface area (Å²) in [7, 11) is 0. The molecular weight excluding hydrogens is 260 g/mol. The van der Waals surface area contributed by atoms with Crippen molar-refractivity contribution in [1.29, 1.82) is 0 Å². The lowest BCUT2D eigenvalue weighted by Gasteiger charge is -2.32. The van der Waals surface area contributed by atoms with Crippen molar-refractivity contribution < 1.29 is 19.1 Å². The van der Waals surface area contributed by atoms with Gasteiger partial charge in [-0.3, -0.25) is 9.59 Å². The summed E-state index contributed by atoms with van der Waals surface area (Å²) in [6.07, 6.45) is 0.258. The number of fused-ring (bicyclic) bond motifs is 1. The molecule has 3 rings (SSSR count). The van der Waals surface area contributed by atoms with Gasteiger partial charge in [0.1, 0.15) is 6.04 Å². The second-order valence-corrected chi connectivity index (χ2v) is 4.92. The van der Waals surface area contributed by atoms with Gasteiger partial charge in [0, 0.05) is 13.1 Å². The Kier molecular flexibility index (Phi) is 3.22. The standard InChI is InChI=1S/C14H16N2O4/c1-9-14(18)15-4-5-16(9)13(17)7-10-2-3-11-12(6-10)20-8-19-11/h2-3,6,9H,4-5,7-8H2,1H3,(H,15,18). The molecule has 0 aromatic heterocycles. The van der Waals surface area contributed by atoms with Crippen LogP contribution in [0.2, 0.25) is 0 Å². The number of piperazine rings is 1. The fourth-order valence-electron chi connectivity index (χ4n) is 2.45. The van der Waals surface area contributed by atoms with Crippen molar-refractivity contribution in [3.05, 3.63) is 23.8 Å². The van der Waals surface area contributed by atoms with Crippen molar-refractivity contribution in [2.45, 2.75) is 19.4 Å². The van der Waals surface area contributed by atoms with Gasteiger partial charge in [0.25, 0.3) is 0 Å². The highest BCUT2D eigenvalue weighted by molar-refractivity contribution is 5.89. The number of ether oxygens (including phenoxy) is 2. The lowest BCUT2D eigenvalue weighted by Crippen LogP contribution is -2.56. The first-order valence-corrected chi connectivity index (χ1v) is 6.61. The molecule has 1 aromatic carbocycles. The Labute approximate surface area is 116 Å². The van der Waals surface area contributed by atoms with Crippen LogP contribution in [0.15, 0.2) is 18.2 Å². The second kappa shape index (κ2) is 5.03. The molecule has 1 aromatic rings. The lowest BCUT2D eigenvalue weighted by atomic mass is 10.1. The van der Waals surface area contributed by atoms with Gasteiger partial charge in [-0.2, -0.15) is 0 Å². The third kappa shape index (κ3) is 2.29. The fraction of sp³-hybridized carbons (Fsp3) is 0.429. The molecule has 2 aliphatic heterocycles. The van der Waals surface area contributed by atoms with E-state index in [1.165, 1.54) is 0 Å². The van der Waals surface area contributed by atoms with Crippen LogP contribution < -0.4 is 14.8 Å². The van der Waals surface area contributed by atoms with E-state index in [2.05, 4.69) is 5.32 Å². The summed E-state index contributed by atoms with van der Waals surface area (Å²) in [4.78, 5) is 25.5. The highest BCUT2D eigenvalue weighted by atomic mass is 16.7. The summed E-state index contributed by atoms with van der Waals surface area (Å²) in [5.74, 6) is 1.22. The van der Waals surface area contributed by atoms with Gasteiger partial charge in [-0.1, -0.05) is 6.07 Å². The van der Waals surface area contributed by atoms with Crippen molar-refractivity contribution in [2.24, 2.45) is 0 Å². The first-order valence-electron chi connectivity index (χ1n) is 6.61. The number of carbonyl (C=O) groups is 2. The highest BCUT2D eigenvalue weighted by Crippen LogP contribution is 2.32. The molecule has 1 fully saturated rings. The number of nitrogens with zero attached hydrogens (tertiary/aromatic N) is 1. The maximum atomic E-state index is 12.3. The molecule has 106 valence electrons. The van der Waals surface area contributed by atoms with Crippen molar-refractivity contribution in [1.82, 2.24) is 10.2 Å². The number of carbonyl (C=O) groups excluding carboxylic acids is 2. The van der Waals surface area contributed by atoms with E-state index in [9.17, 15) is 9.59 Å². The Bertz CT molecular complexity index is 558. The van der Waals surface area contributed by atoms with Gasteiger partial charge in [0.05, 0.1) is 6.42 Å². The monoisotopic (exact) mass is 276 g/mol. The summed E-state index contributed by atoms with van der Waals surface area (Å²) in [6.45, 7) is 3.02. The summed E-state index contributed by atoms with van der Waals surface area (Å²) in [5.41, 5.74) is 0.859. The van der Waals surface area contributed by atoms with Crippen molar-refractivity contribution in [2.75, 3.05) is 19.9 Å². The van der Waals surface area contributed by atoms with E-state index in [0.29, 0.717) is 24.6 Å². The molecule has 0 spiro atoms. The van der Waals surface area contributed by atoms with Crippen LogP contribution in [0, 0.1) is 0 Å². The van der Waals surface area contributed by atoms with Crippen LogP contribution in [0.1, 0.15) is 12.5 Å². The Morgan fingerprint density at radius 1 is 1.40 bits per heavy atom. The first-order chi connectivity index (χ1) is 9.65. The molecule has 0 saturated carbocycles. The number of rotatable bonds is 2. The Morgan fingerprint density at radius 2 is 2.20 bits per heavy atom. The first kappa shape index (κ1) is 12.8. The molecule has 0 radical (unpaired) electrons. The Hall–Kier alpha value is -2.24. The molecule has 2 heterocycles. The number of amides is 2. The van der Waals surface area contributed by atoms with Crippen LogP contribution in [-0.2, 0) is 16.0 Å². The summed E-state index contributed by atoms with van der Waals surface area (Å²) >= 11 is 0. The minimum Gasteiger partial charge on any atom is -0.454 e. The molecule has 1 atom stereocenters. The number of nitrogens with one attached hydrogen (secondary N) is 1. The summed E-state index contributed by atoms with van der Waals surface area (Å²) in [6, 6.07) is 5.05. The van der Waals surface area contributed by atoms with Crippen LogP contribution in [0.25, 0.3) is 0 Å². The molecule has 0 aliphatic carbocycles. The molecule has 6 heteroatoms. The zero-order valence-electron chi connectivity index (χ0n) is 11.2. The zero-order chi connectivity index (χ0) is 14.1. The van der Waals surface area contributed by atoms with Crippen molar-refractivity contribution in [3.8, 4) is 11.5 Å². The average Bonchev–Trinajstić information content (AvgIpc) is 2.89. The van der Waals surface area contributed by atoms with Gasteiger partial charge in [-0.15, -0.1) is 0 Å². The molecule has 0 bridgehead atoms. The number of benzene rings is 1. The molecule has 1 N–H and O–H groups in total. The molecule has 2 amide bonds. The van der Waals surface area contributed by atoms with Crippen LogP contribution in [0.5, 0.6) is 11.5 Å². The van der Waals surface area contributed by atoms with Crippen LogP contribution in [0.3, 0.4) is 0 Å². The Balaban J connectivity index is 1.71. The minimum absolute atomic E-state index is 0.0498. The highest BCUT2D eigenvalue weighted by Gasteiger charge is 2.29. The van der Waals surface area contributed by atoms with Crippen LogP contribution in [-0.4, -0.2) is 42.6 Å². The third-order valence-electron chi connectivity index (χ3n) is 3.61. The largest absolute Gasteiger partial charge is 0.454 e. The van der Waals surface area contributed by atoms with Crippen LogP contribution >= 0.6 is 0 Å². The summed E-state index contributed by atoms with van der Waals surface area (Å²) < 4.78 is 10.5. The Morgan fingerprint density at radius 3 is 3.05 bits per heavy atom. The van der Waals surface area contributed by atoms with Gasteiger partial charge in [0.2, 0.25) is 18.6 Å². The smallest absolute Gasteiger partial charge is 0.242 e. The van der Waals surface area contributed by atoms with Crippen molar-refractivity contribution >= 4 is 11.8 Å². The number of hydrogen-bond acceptors (Lipinski definition) is 4. The average molecular weight is 276 g/mol. The van der Waals surface area contributed by atoms with Gasteiger partial charge in [-0.25, -0.2) is 0 Å². The zero-order valence-corrected chi connectivity index (χ0v) is 11.2. The van der Waals surface area contributed by atoms with E-state index < -0.39 is 6.04 Å². The molecule has 6 nitrogen and oxygen atoms in total. The molecular formula is C14H16N2O4. The summed E-state index contributed by atoms with van der Waals surface area (Å²) in [5, 5.41) is 2.75. The number of hydrogen-bond donors (Lipinski definition) is 1. The quantitative estimate of drug-likeness (QED) is 0.844.